The number of amides is 1. The molecule has 4 nitrogen and oxygen atoms in total. The smallest absolute Gasteiger partial charge is 0.276 e. The van der Waals surface area contributed by atoms with Gasteiger partial charge in [0.1, 0.15) is 5.76 Å². The number of piperidine rings is 1. The van der Waals surface area contributed by atoms with Crippen LogP contribution >= 0.6 is 15.9 Å². The highest BCUT2D eigenvalue weighted by Crippen LogP contribution is 2.39. The van der Waals surface area contributed by atoms with E-state index in [2.05, 4.69) is 21.1 Å². The quantitative estimate of drug-likeness (QED) is 0.749. The van der Waals surface area contributed by atoms with Crippen LogP contribution in [0.15, 0.2) is 10.6 Å². The van der Waals surface area contributed by atoms with Crippen molar-refractivity contribution in [3.8, 4) is 0 Å². The summed E-state index contributed by atoms with van der Waals surface area (Å²) in [5.41, 5.74) is 0.451. The molecule has 2 unspecified atom stereocenters. The molecule has 0 spiro atoms. The fraction of sp³-hybridized carbons (Fsp3) is 0.667. The number of rotatable bonds is 1. The van der Waals surface area contributed by atoms with Gasteiger partial charge in [0.25, 0.3) is 5.91 Å². The summed E-state index contributed by atoms with van der Waals surface area (Å²) in [7, 11) is 0. The summed E-state index contributed by atoms with van der Waals surface area (Å²) in [6, 6.07) is 2.48. The predicted octanol–water partition coefficient (Wildman–Crippen LogP) is 2.51. The third-order valence-corrected chi connectivity index (χ3v) is 4.50. The minimum absolute atomic E-state index is 0.0359. The third-order valence-electron chi connectivity index (χ3n) is 3.76. The van der Waals surface area contributed by atoms with Gasteiger partial charge in [0.05, 0.1) is 0 Å². The topological polar surface area (TPSA) is 46.3 Å². The van der Waals surface area contributed by atoms with E-state index in [1.165, 1.54) is 0 Å². The fourth-order valence-electron chi connectivity index (χ4n) is 3.04. The molecule has 0 N–H and O–H groups in total. The first-order chi connectivity index (χ1) is 8.15. The van der Waals surface area contributed by atoms with Crippen molar-refractivity contribution in [1.29, 1.82) is 0 Å². The largest absolute Gasteiger partial charge is 0.361 e. The minimum atomic E-state index is 0.0359. The van der Waals surface area contributed by atoms with E-state index in [0.29, 0.717) is 28.4 Å². The average molecular weight is 299 g/mol. The number of aryl methyl sites for hydroxylation is 1. The first-order valence-electron chi connectivity index (χ1n) is 6.05. The Morgan fingerprint density at radius 2 is 2.12 bits per heavy atom. The molecule has 0 aliphatic carbocycles. The Kier molecular flexibility index (Phi) is 2.73. The molecule has 1 aromatic rings. The van der Waals surface area contributed by atoms with E-state index < -0.39 is 0 Å². The lowest BCUT2D eigenvalue weighted by Crippen LogP contribution is -2.46. The van der Waals surface area contributed by atoms with E-state index in [4.69, 9.17) is 4.52 Å². The van der Waals surface area contributed by atoms with E-state index in [1.54, 1.807) is 6.07 Å². The SMILES string of the molecule is Cc1cc(C(=O)N2C3CCC2CC(Br)C3)no1. The van der Waals surface area contributed by atoms with Gasteiger partial charge in [0.2, 0.25) is 0 Å². The van der Waals surface area contributed by atoms with Crippen molar-refractivity contribution in [2.24, 2.45) is 0 Å². The molecule has 3 rings (SSSR count). The second-order valence-electron chi connectivity index (χ2n) is 4.99. The zero-order valence-corrected chi connectivity index (χ0v) is 11.3. The minimum Gasteiger partial charge on any atom is -0.361 e. The first-order valence-corrected chi connectivity index (χ1v) is 6.97. The maximum atomic E-state index is 12.4. The summed E-state index contributed by atoms with van der Waals surface area (Å²) in [4.78, 5) is 14.9. The van der Waals surface area contributed by atoms with Crippen molar-refractivity contribution in [1.82, 2.24) is 10.1 Å². The van der Waals surface area contributed by atoms with Crippen LogP contribution in [0.3, 0.4) is 0 Å². The number of nitrogens with zero attached hydrogens (tertiary/aromatic N) is 2. The highest BCUT2D eigenvalue weighted by molar-refractivity contribution is 9.09. The maximum absolute atomic E-state index is 12.4. The second kappa shape index (κ2) is 4.12. The van der Waals surface area contributed by atoms with Crippen LogP contribution in [-0.2, 0) is 0 Å². The number of carbonyl (C=O) groups excluding carboxylic acids is 1. The van der Waals surface area contributed by atoms with Gasteiger partial charge >= 0.3 is 0 Å². The molecule has 17 heavy (non-hydrogen) atoms. The van der Waals surface area contributed by atoms with Gasteiger partial charge in [-0.3, -0.25) is 4.79 Å². The average Bonchev–Trinajstić information content (AvgIpc) is 2.81. The van der Waals surface area contributed by atoms with Gasteiger partial charge in [-0.1, -0.05) is 21.1 Å². The molecular formula is C12H15BrN2O2. The van der Waals surface area contributed by atoms with Crippen molar-refractivity contribution in [2.45, 2.75) is 49.5 Å². The number of hydrogen-bond acceptors (Lipinski definition) is 3. The Morgan fingerprint density at radius 1 is 1.47 bits per heavy atom. The lowest BCUT2D eigenvalue weighted by molar-refractivity contribution is 0.0593. The van der Waals surface area contributed by atoms with Gasteiger partial charge < -0.3 is 9.42 Å². The number of fused-ring (bicyclic) bond motifs is 2. The van der Waals surface area contributed by atoms with Gasteiger partial charge in [0, 0.05) is 23.0 Å². The van der Waals surface area contributed by atoms with E-state index >= 15 is 0 Å². The summed E-state index contributed by atoms with van der Waals surface area (Å²) >= 11 is 3.67. The van der Waals surface area contributed by atoms with Crippen molar-refractivity contribution in [2.75, 3.05) is 0 Å². The Balaban J connectivity index is 1.83. The second-order valence-corrected chi connectivity index (χ2v) is 6.28. The van der Waals surface area contributed by atoms with Crippen molar-refractivity contribution in [3.63, 3.8) is 0 Å². The Labute approximate surface area is 108 Å². The van der Waals surface area contributed by atoms with Gasteiger partial charge in [-0.25, -0.2) is 0 Å². The molecule has 0 aromatic carbocycles. The molecule has 2 saturated heterocycles. The van der Waals surface area contributed by atoms with E-state index in [-0.39, 0.29) is 5.91 Å². The molecule has 3 heterocycles. The van der Waals surface area contributed by atoms with Crippen LogP contribution in [0.1, 0.15) is 41.9 Å². The molecule has 0 radical (unpaired) electrons. The molecule has 2 bridgehead atoms. The monoisotopic (exact) mass is 298 g/mol. The standard InChI is InChI=1S/C12H15BrN2O2/c1-7-4-11(14-17-7)12(16)15-9-2-3-10(15)6-8(13)5-9/h4,8-10H,2-3,5-6H2,1H3. The number of alkyl halides is 1. The summed E-state index contributed by atoms with van der Waals surface area (Å²) < 4.78 is 4.98. The molecule has 5 heteroatoms. The number of halogens is 1. The molecule has 2 aliphatic rings. The summed E-state index contributed by atoms with van der Waals surface area (Å²) in [6.45, 7) is 1.81. The molecule has 1 aromatic heterocycles. The lowest BCUT2D eigenvalue weighted by atomic mass is 10.0. The number of aromatic nitrogens is 1. The molecule has 0 saturated carbocycles. The van der Waals surface area contributed by atoms with Crippen LogP contribution in [0.4, 0.5) is 0 Å². The lowest BCUT2D eigenvalue weighted by Gasteiger charge is -2.36. The first kappa shape index (κ1) is 11.3. The van der Waals surface area contributed by atoms with E-state index in [0.717, 1.165) is 25.7 Å². The number of carbonyl (C=O) groups is 1. The third kappa shape index (κ3) is 1.90. The van der Waals surface area contributed by atoms with E-state index in [1.807, 2.05) is 11.8 Å². The zero-order valence-electron chi connectivity index (χ0n) is 9.73. The van der Waals surface area contributed by atoms with Gasteiger partial charge in [-0.2, -0.15) is 0 Å². The van der Waals surface area contributed by atoms with Crippen LogP contribution in [0.2, 0.25) is 0 Å². The molecule has 2 fully saturated rings. The van der Waals surface area contributed by atoms with Crippen molar-refractivity contribution >= 4 is 21.8 Å². The Hall–Kier alpha value is -0.840. The summed E-state index contributed by atoms with van der Waals surface area (Å²) in [6.07, 6.45) is 4.35. The van der Waals surface area contributed by atoms with Crippen LogP contribution in [0, 0.1) is 6.92 Å². The van der Waals surface area contributed by atoms with Crippen LogP contribution in [0.5, 0.6) is 0 Å². The van der Waals surface area contributed by atoms with Crippen LogP contribution in [-0.4, -0.2) is 32.9 Å². The molecule has 1 amide bonds. The van der Waals surface area contributed by atoms with Gasteiger partial charge in [-0.15, -0.1) is 0 Å². The van der Waals surface area contributed by atoms with Crippen LogP contribution < -0.4 is 0 Å². The highest BCUT2D eigenvalue weighted by Gasteiger charge is 2.43. The number of hydrogen-bond donors (Lipinski definition) is 0. The van der Waals surface area contributed by atoms with Crippen molar-refractivity contribution in [3.05, 3.63) is 17.5 Å². The molecular weight excluding hydrogens is 284 g/mol. The molecule has 92 valence electrons. The maximum Gasteiger partial charge on any atom is 0.276 e. The Bertz CT molecular complexity index is 431. The predicted molar refractivity (Wildman–Crippen MR) is 66.2 cm³/mol. The Morgan fingerprint density at radius 3 is 2.65 bits per heavy atom. The van der Waals surface area contributed by atoms with Gasteiger partial charge in [-0.05, 0) is 32.6 Å². The van der Waals surface area contributed by atoms with E-state index in [9.17, 15) is 4.79 Å². The van der Waals surface area contributed by atoms with Crippen molar-refractivity contribution < 1.29 is 9.32 Å². The highest BCUT2D eigenvalue weighted by atomic mass is 79.9. The normalized spacial score (nSPS) is 31.9. The zero-order chi connectivity index (χ0) is 12.0. The summed E-state index contributed by atoms with van der Waals surface area (Å²) in [5.74, 6) is 0.727. The fourth-order valence-corrected chi connectivity index (χ4v) is 3.90. The van der Waals surface area contributed by atoms with Crippen LogP contribution in [0.25, 0.3) is 0 Å². The van der Waals surface area contributed by atoms with Gasteiger partial charge in [0.15, 0.2) is 5.69 Å². The summed E-state index contributed by atoms with van der Waals surface area (Å²) in [5, 5.41) is 3.83. The molecule has 2 aliphatic heterocycles. The molecule has 2 atom stereocenters.